The van der Waals surface area contributed by atoms with Gasteiger partial charge in [0.1, 0.15) is 0 Å². The molecule has 0 N–H and O–H groups in total. The summed E-state index contributed by atoms with van der Waals surface area (Å²) in [5.41, 5.74) is 1.30. The van der Waals surface area contributed by atoms with Crippen molar-refractivity contribution in [2.24, 2.45) is 0 Å². The number of anilines is 1. The number of rotatable bonds is 6. The van der Waals surface area contributed by atoms with Crippen LogP contribution in [0.5, 0.6) is 0 Å². The maximum absolute atomic E-state index is 12.8. The zero-order valence-electron chi connectivity index (χ0n) is 17.5. The number of nitrogens with zero attached hydrogens (tertiary/aromatic N) is 8. The lowest BCUT2D eigenvalue weighted by atomic mass is 10.1. The van der Waals surface area contributed by atoms with E-state index in [9.17, 15) is 4.79 Å². The van der Waals surface area contributed by atoms with E-state index >= 15 is 0 Å². The van der Waals surface area contributed by atoms with Crippen LogP contribution in [0.3, 0.4) is 0 Å². The number of fused-ring (bicyclic) bond motifs is 1. The third-order valence-electron chi connectivity index (χ3n) is 5.43. The number of piperazine rings is 1. The van der Waals surface area contributed by atoms with Crippen molar-refractivity contribution in [2.45, 2.75) is 6.04 Å². The first kappa shape index (κ1) is 20.2. The van der Waals surface area contributed by atoms with Crippen LogP contribution < -0.4 is 4.90 Å². The monoisotopic (exact) mass is 410 g/mol. The average molecular weight is 410 g/mol. The minimum Gasteiger partial charge on any atom is -0.383 e. The molecule has 1 aliphatic heterocycles. The number of aromatic nitrogens is 5. The SMILES string of the molecule is COCCN(C)C(=O)c1ccc2nnc(C3CN(c4ncccn4)CCN3C)n2c1. The highest BCUT2D eigenvalue weighted by Crippen LogP contribution is 2.25. The Morgan fingerprint density at radius 3 is 2.80 bits per heavy atom. The molecule has 1 atom stereocenters. The number of hydrogen-bond acceptors (Lipinski definition) is 8. The summed E-state index contributed by atoms with van der Waals surface area (Å²) in [5, 5.41) is 8.76. The van der Waals surface area contributed by atoms with E-state index in [0.29, 0.717) is 36.9 Å². The molecule has 1 unspecified atom stereocenters. The number of amides is 1. The maximum atomic E-state index is 12.8. The zero-order chi connectivity index (χ0) is 21.1. The van der Waals surface area contributed by atoms with E-state index in [4.69, 9.17) is 4.74 Å². The Bertz CT molecular complexity index is 1010. The Morgan fingerprint density at radius 1 is 1.23 bits per heavy atom. The minimum atomic E-state index is -0.0649. The summed E-state index contributed by atoms with van der Waals surface area (Å²) in [7, 11) is 5.46. The molecule has 30 heavy (non-hydrogen) atoms. The van der Waals surface area contributed by atoms with Gasteiger partial charge in [-0.1, -0.05) is 0 Å². The molecule has 3 aromatic rings. The van der Waals surface area contributed by atoms with E-state index in [0.717, 1.165) is 18.9 Å². The third kappa shape index (κ3) is 3.96. The molecule has 0 spiro atoms. The van der Waals surface area contributed by atoms with Crippen LogP contribution in [-0.2, 0) is 4.74 Å². The van der Waals surface area contributed by atoms with Crippen molar-refractivity contribution in [2.75, 3.05) is 58.9 Å². The molecule has 0 saturated carbocycles. The molecule has 3 aromatic heterocycles. The summed E-state index contributed by atoms with van der Waals surface area (Å²) in [6.45, 7) is 3.39. The molecular weight excluding hydrogens is 384 g/mol. The van der Waals surface area contributed by atoms with Crippen LogP contribution in [0, 0.1) is 0 Å². The van der Waals surface area contributed by atoms with Gasteiger partial charge in [0.25, 0.3) is 5.91 Å². The molecule has 1 amide bonds. The highest BCUT2D eigenvalue weighted by molar-refractivity contribution is 5.94. The van der Waals surface area contributed by atoms with Crippen molar-refractivity contribution in [1.29, 1.82) is 0 Å². The van der Waals surface area contributed by atoms with Crippen LogP contribution in [-0.4, -0.2) is 94.3 Å². The summed E-state index contributed by atoms with van der Waals surface area (Å²) in [5.74, 6) is 1.44. The molecule has 1 aliphatic rings. The molecule has 0 aromatic carbocycles. The van der Waals surface area contributed by atoms with Gasteiger partial charge >= 0.3 is 0 Å². The lowest BCUT2D eigenvalue weighted by Gasteiger charge is -2.38. The zero-order valence-corrected chi connectivity index (χ0v) is 17.5. The minimum absolute atomic E-state index is 0.00544. The van der Waals surface area contributed by atoms with Gasteiger partial charge in [-0.25, -0.2) is 9.97 Å². The maximum Gasteiger partial charge on any atom is 0.255 e. The smallest absolute Gasteiger partial charge is 0.255 e. The second kappa shape index (κ2) is 8.72. The van der Waals surface area contributed by atoms with E-state index in [2.05, 4.69) is 37.0 Å². The molecule has 1 saturated heterocycles. The summed E-state index contributed by atoms with van der Waals surface area (Å²) in [6, 6.07) is 5.42. The Labute approximate surface area is 175 Å². The molecule has 0 radical (unpaired) electrons. The van der Waals surface area contributed by atoms with Crippen LogP contribution in [0.4, 0.5) is 5.95 Å². The summed E-state index contributed by atoms with van der Waals surface area (Å²) in [4.78, 5) is 27.6. The lowest BCUT2D eigenvalue weighted by molar-refractivity contribution is 0.0743. The number of carbonyl (C=O) groups excluding carboxylic acids is 1. The Hall–Kier alpha value is -3.11. The Balaban J connectivity index is 1.62. The van der Waals surface area contributed by atoms with E-state index < -0.39 is 0 Å². The Morgan fingerprint density at radius 2 is 2.03 bits per heavy atom. The molecule has 4 rings (SSSR count). The van der Waals surface area contributed by atoms with Gasteiger partial charge in [0, 0.05) is 58.9 Å². The topological polar surface area (TPSA) is 92.0 Å². The van der Waals surface area contributed by atoms with Crippen LogP contribution in [0.1, 0.15) is 22.2 Å². The first-order valence-corrected chi connectivity index (χ1v) is 9.89. The number of ether oxygens (including phenoxy) is 1. The fourth-order valence-corrected chi connectivity index (χ4v) is 3.60. The van der Waals surface area contributed by atoms with Crippen molar-refractivity contribution in [1.82, 2.24) is 34.4 Å². The molecule has 10 heteroatoms. The second-order valence-corrected chi connectivity index (χ2v) is 7.41. The van der Waals surface area contributed by atoms with Crippen molar-refractivity contribution in [3.05, 3.63) is 48.2 Å². The van der Waals surface area contributed by atoms with Crippen molar-refractivity contribution in [3.63, 3.8) is 0 Å². The number of likely N-dealkylation sites (N-methyl/N-ethyl adjacent to an activating group) is 2. The predicted molar refractivity (Wildman–Crippen MR) is 111 cm³/mol. The molecule has 4 heterocycles. The van der Waals surface area contributed by atoms with Crippen LogP contribution >= 0.6 is 0 Å². The number of hydrogen-bond donors (Lipinski definition) is 0. The van der Waals surface area contributed by atoms with Crippen LogP contribution in [0.2, 0.25) is 0 Å². The van der Waals surface area contributed by atoms with Crippen LogP contribution in [0.15, 0.2) is 36.8 Å². The fraction of sp³-hybridized carbons (Fsp3) is 0.450. The summed E-state index contributed by atoms with van der Waals surface area (Å²) >= 11 is 0. The highest BCUT2D eigenvalue weighted by atomic mass is 16.5. The lowest BCUT2D eigenvalue weighted by Crippen LogP contribution is -2.47. The summed E-state index contributed by atoms with van der Waals surface area (Å²) in [6.07, 6.45) is 5.32. The average Bonchev–Trinajstić information content (AvgIpc) is 3.21. The van der Waals surface area contributed by atoms with Crippen LogP contribution in [0.25, 0.3) is 5.65 Å². The Kier molecular flexibility index (Phi) is 5.86. The van der Waals surface area contributed by atoms with Gasteiger partial charge < -0.3 is 14.5 Å². The quantitative estimate of drug-likeness (QED) is 0.587. The first-order chi connectivity index (χ1) is 14.6. The largest absolute Gasteiger partial charge is 0.383 e. The van der Waals surface area contributed by atoms with Gasteiger partial charge in [-0.2, -0.15) is 0 Å². The van der Waals surface area contributed by atoms with Crippen molar-refractivity contribution >= 4 is 17.5 Å². The van der Waals surface area contributed by atoms with E-state index in [1.54, 1.807) is 37.5 Å². The molecule has 158 valence electrons. The van der Waals surface area contributed by atoms with Gasteiger partial charge in [-0.05, 0) is 25.2 Å². The predicted octanol–water partition coefficient (Wildman–Crippen LogP) is 0.731. The van der Waals surface area contributed by atoms with Gasteiger partial charge in [-0.3, -0.25) is 14.1 Å². The molecule has 0 bridgehead atoms. The van der Waals surface area contributed by atoms with Gasteiger partial charge in [-0.15, -0.1) is 10.2 Å². The molecular formula is C20H26N8O2. The van der Waals surface area contributed by atoms with Crippen molar-refractivity contribution in [3.8, 4) is 0 Å². The highest BCUT2D eigenvalue weighted by Gasteiger charge is 2.30. The molecule has 1 fully saturated rings. The van der Waals surface area contributed by atoms with E-state index in [1.165, 1.54) is 0 Å². The summed E-state index contributed by atoms with van der Waals surface area (Å²) < 4.78 is 6.98. The van der Waals surface area contributed by atoms with Gasteiger partial charge in [0.2, 0.25) is 5.95 Å². The third-order valence-corrected chi connectivity index (χ3v) is 5.43. The normalized spacial score (nSPS) is 17.4. The van der Waals surface area contributed by atoms with Gasteiger partial charge in [0.05, 0.1) is 18.2 Å². The first-order valence-electron chi connectivity index (χ1n) is 9.89. The van der Waals surface area contributed by atoms with Gasteiger partial charge in [0.15, 0.2) is 11.5 Å². The second-order valence-electron chi connectivity index (χ2n) is 7.41. The molecule has 10 nitrogen and oxygen atoms in total. The number of pyridine rings is 1. The van der Waals surface area contributed by atoms with E-state index in [-0.39, 0.29) is 11.9 Å². The fourth-order valence-electron chi connectivity index (χ4n) is 3.60. The molecule has 0 aliphatic carbocycles. The number of carbonyl (C=O) groups is 1. The van der Waals surface area contributed by atoms with Crippen molar-refractivity contribution < 1.29 is 9.53 Å². The number of methoxy groups -OCH3 is 1. The van der Waals surface area contributed by atoms with E-state index in [1.807, 2.05) is 22.7 Å². The standard InChI is InChI=1S/C20H26N8O2/c1-25-9-10-27(20-21-7-4-8-22-20)14-16(25)18-24-23-17-6-5-15(13-28(17)18)19(29)26(2)11-12-30-3/h4-8,13,16H,9-12,14H2,1-3H3.